The fraction of sp³-hybridized carbons (Fsp3) is 0.0667. The number of aromatic nitrogens is 2. The SMILES string of the molecule is Cc1ccccc1-n1cc(C=O)c(-c2csc(Cl)c2)n1. The number of carbonyl (C=O) groups excluding carboxylic acids is 1. The lowest BCUT2D eigenvalue weighted by molar-refractivity contribution is 0.112. The van der Waals surface area contributed by atoms with Crippen LogP contribution in [0.5, 0.6) is 0 Å². The highest BCUT2D eigenvalue weighted by Crippen LogP contribution is 2.30. The molecule has 0 aliphatic carbocycles. The van der Waals surface area contributed by atoms with Gasteiger partial charge in [-0.1, -0.05) is 29.8 Å². The molecule has 0 unspecified atom stereocenters. The largest absolute Gasteiger partial charge is 0.298 e. The summed E-state index contributed by atoms with van der Waals surface area (Å²) in [6.45, 7) is 2.01. The van der Waals surface area contributed by atoms with Crippen molar-refractivity contribution in [1.82, 2.24) is 9.78 Å². The molecule has 0 bridgehead atoms. The molecule has 0 spiro atoms. The maximum Gasteiger partial charge on any atom is 0.153 e. The number of aldehydes is 1. The molecule has 1 aromatic carbocycles. The second-order valence-electron chi connectivity index (χ2n) is 4.42. The zero-order valence-electron chi connectivity index (χ0n) is 10.7. The van der Waals surface area contributed by atoms with Gasteiger partial charge in [0.15, 0.2) is 6.29 Å². The smallest absolute Gasteiger partial charge is 0.153 e. The molecule has 3 aromatic rings. The van der Waals surface area contributed by atoms with Gasteiger partial charge in [0.25, 0.3) is 0 Å². The summed E-state index contributed by atoms with van der Waals surface area (Å²) < 4.78 is 2.42. The quantitative estimate of drug-likeness (QED) is 0.673. The lowest BCUT2D eigenvalue weighted by Crippen LogP contribution is -1.97. The van der Waals surface area contributed by atoms with E-state index in [1.54, 1.807) is 10.9 Å². The molecule has 0 saturated heterocycles. The first-order valence-electron chi connectivity index (χ1n) is 6.04. The molecule has 0 amide bonds. The Balaban J connectivity index is 2.14. The highest BCUT2D eigenvalue weighted by Gasteiger charge is 2.13. The van der Waals surface area contributed by atoms with Crippen molar-refractivity contribution in [3.63, 3.8) is 0 Å². The molecule has 0 aliphatic rings. The summed E-state index contributed by atoms with van der Waals surface area (Å²) in [5.41, 5.74) is 4.15. The summed E-state index contributed by atoms with van der Waals surface area (Å²) in [4.78, 5) is 11.3. The summed E-state index contributed by atoms with van der Waals surface area (Å²) in [5.74, 6) is 0. The Hall–Kier alpha value is -1.91. The van der Waals surface area contributed by atoms with Gasteiger partial charge in [-0.2, -0.15) is 5.10 Å². The summed E-state index contributed by atoms with van der Waals surface area (Å²) in [7, 11) is 0. The number of halogens is 1. The van der Waals surface area contributed by atoms with E-state index in [1.807, 2.05) is 42.6 Å². The topological polar surface area (TPSA) is 34.9 Å². The second kappa shape index (κ2) is 5.23. The molecule has 0 N–H and O–H groups in total. The van der Waals surface area contributed by atoms with E-state index < -0.39 is 0 Å². The molecule has 100 valence electrons. The zero-order chi connectivity index (χ0) is 14.1. The fourth-order valence-corrected chi connectivity index (χ4v) is 2.94. The standard InChI is InChI=1S/C15H11ClN2OS/c1-10-4-2-3-5-13(10)18-7-12(8-19)15(17-18)11-6-14(16)20-9-11/h2-9H,1H3. The Bertz CT molecular complexity index is 776. The van der Waals surface area contributed by atoms with Crippen molar-refractivity contribution >= 4 is 29.2 Å². The van der Waals surface area contributed by atoms with Crippen LogP contribution in [0.2, 0.25) is 4.34 Å². The molecule has 0 fully saturated rings. The minimum absolute atomic E-state index is 0.558. The Labute approximate surface area is 125 Å². The second-order valence-corrected chi connectivity index (χ2v) is 5.96. The molecule has 5 heteroatoms. The first kappa shape index (κ1) is 13.1. The molecule has 2 aromatic heterocycles. The van der Waals surface area contributed by atoms with Crippen molar-refractivity contribution in [3.05, 3.63) is 57.4 Å². The van der Waals surface area contributed by atoms with Crippen molar-refractivity contribution in [3.8, 4) is 16.9 Å². The monoisotopic (exact) mass is 302 g/mol. The van der Waals surface area contributed by atoms with Crippen LogP contribution in [-0.4, -0.2) is 16.1 Å². The van der Waals surface area contributed by atoms with Crippen LogP contribution in [0.3, 0.4) is 0 Å². The molecule has 0 saturated carbocycles. The van der Waals surface area contributed by atoms with Crippen LogP contribution in [0, 0.1) is 6.92 Å². The fourth-order valence-electron chi connectivity index (χ4n) is 2.08. The van der Waals surface area contributed by atoms with E-state index in [1.165, 1.54) is 11.3 Å². The number of rotatable bonds is 3. The number of nitrogens with zero attached hydrogens (tertiary/aromatic N) is 2. The lowest BCUT2D eigenvalue weighted by Gasteiger charge is -2.04. The summed E-state index contributed by atoms with van der Waals surface area (Å²) in [6, 6.07) is 9.73. The number of carbonyl (C=O) groups is 1. The maximum absolute atomic E-state index is 11.3. The van der Waals surface area contributed by atoms with Gasteiger partial charge in [0, 0.05) is 17.1 Å². The average Bonchev–Trinajstić information content (AvgIpc) is 3.05. The predicted octanol–water partition coefficient (Wildman–Crippen LogP) is 4.38. The molecule has 0 aliphatic heterocycles. The Morgan fingerprint density at radius 3 is 2.80 bits per heavy atom. The van der Waals surface area contributed by atoms with Gasteiger partial charge in [0.2, 0.25) is 0 Å². The molecule has 3 rings (SSSR count). The van der Waals surface area contributed by atoms with Crippen molar-refractivity contribution in [2.24, 2.45) is 0 Å². The molecular formula is C15H11ClN2OS. The van der Waals surface area contributed by atoms with Gasteiger partial charge in [-0.15, -0.1) is 11.3 Å². The first-order valence-corrected chi connectivity index (χ1v) is 7.30. The highest BCUT2D eigenvalue weighted by molar-refractivity contribution is 7.14. The van der Waals surface area contributed by atoms with Crippen LogP contribution < -0.4 is 0 Å². The molecule has 0 radical (unpaired) electrons. The number of para-hydroxylation sites is 1. The number of hydrogen-bond acceptors (Lipinski definition) is 3. The molecule has 0 atom stereocenters. The minimum atomic E-state index is 0.558. The van der Waals surface area contributed by atoms with Gasteiger partial charge in [-0.25, -0.2) is 4.68 Å². The average molecular weight is 303 g/mol. The van der Waals surface area contributed by atoms with Crippen LogP contribution in [0.25, 0.3) is 16.9 Å². The van der Waals surface area contributed by atoms with E-state index in [-0.39, 0.29) is 0 Å². The van der Waals surface area contributed by atoms with Crippen molar-refractivity contribution in [2.75, 3.05) is 0 Å². The van der Waals surface area contributed by atoms with E-state index in [9.17, 15) is 4.79 Å². The van der Waals surface area contributed by atoms with Crippen molar-refractivity contribution in [2.45, 2.75) is 6.92 Å². The van der Waals surface area contributed by atoms with Gasteiger partial charge in [-0.05, 0) is 24.6 Å². The van der Waals surface area contributed by atoms with E-state index in [2.05, 4.69) is 5.10 Å². The normalized spacial score (nSPS) is 10.7. The maximum atomic E-state index is 11.3. The van der Waals surface area contributed by atoms with Crippen LogP contribution in [0.4, 0.5) is 0 Å². The van der Waals surface area contributed by atoms with E-state index in [0.717, 1.165) is 23.1 Å². The van der Waals surface area contributed by atoms with Crippen LogP contribution in [0.1, 0.15) is 15.9 Å². The van der Waals surface area contributed by atoms with Crippen molar-refractivity contribution < 1.29 is 4.79 Å². The molecular weight excluding hydrogens is 292 g/mol. The van der Waals surface area contributed by atoms with Gasteiger partial charge in [0.05, 0.1) is 15.6 Å². The van der Waals surface area contributed by atoms with Crippen LogP contribution >= 0.6 is 22.9 Å². The zero-order valence-corrected chi connectivity index (χ0v) is 12.3. The Morgan fingerprint density at radius 1 is 1.35 bits per heavy atom. The minimum Gasteiger partial charge on any atom is -0.298 e. The number of thiophene rings is 1. The highest BCUT2D eigenvalue weighted by atomic mass is 35.5. The van der Waals surface area contributed by atoms with Crippen molar-refractivity contribution in [1.29, 1.82) is 0 Å². The van der Waals surface area contributed by atoms with E-state index >= 15 is 0 Å². The molecule has 3 nitrogen and oxygen atoms in total. The molecule has 2 heterocycles. The van der Waals surface area contributed by atoms with Gasteiger partial charge < -0.3 is 0 Å². The van der Waals surface area contributed by atoms with Gasteiger partial charge >= 0.3 is 0 Å². The first-order chi connectivity index (χ1) is 9.69. The van der Waals surface area contributed by atoms with Gasteiger partial charge in [0.1, 0.15) is 5.69 Å². The number of hydrogen-bond donors (Lipinski definition) is 0. The third-order valence-electron chi connectivity index (χ3n) is 3.07. The number of benzene rings is 1. The summed E-state index contributed by atoms with van der Waals surface area (Å²) in [6.07, 6.45) is 2.57. The Morgan fingerprint density at radius 2 is 2.15 bits per heavy atom. The third-order valence-corrected chi connectivity index (χ3v) is 4.16. The predicted molar refractivity (Wildman–Crippen MR) is 82.0 cm³/mol. The summed E-state index contributed by atoms with van der Waals surface area (Å²) >= 11 is 7.38. The Kier molecular flexibility index (Phi) is 3.42. The third kappa shape index (κ3) is 2.28. The lowest BCUT2D eigenvalue weighted by atomic mass is 10.2. The van der Waals surface area contributed by atoms with E-state index in [0.29, 0.717) is 15.6 Å². The van der Waals surface area contributed by atoms with Crippen LogP contribution in [-0.2, 0) is 0 Å². The van der Waals surface area contributed by atoms with E-state index in [4.69, 9.17) is 11.6 Å². The number of aryl methyl sites for hydroxylation is 1. The summed E-state index contributed by atoms with van der Waals surface area (Å²) in [5, 5.41) is 6.43. The molecule has 20 heavy (non-hydrogen) atoms. The van der Waals surface area contributed by atoms with Crippen LogP contribution in [0.15, 0.2) is 41.9 Å². The van der Waals surface area contributed by atoms with Gasteiger partial charge in [-0.3, -0.25) is 4.79 Å².